The molecule has 1 aromatic rings. The van der Waals surface area contributed by atoms with Crippen LogP contribution in [-0.4, -0.2) is 37.4 Å². The summed E-state index contributed by atoms with van der Waals surface area (Å²) in [7, 11) is 1.84. The molecular formula is C13H13BrN2O3. The van der Waals surface area contributed by atoms with Crippen molar-refractivity contribution in [2.75, 3.05) is 25.2 Å². The van der Waals surface area contributed by atoms with Gasteiger partial charge in [-0.15, -0.1) is 0 Å². The maximum Gasteiger partial charge on any atom is 0.311 e. The van der Waals surface area contributed by atoms with E-state index in [0.29, 0.717) is 16.6 Å². The lowest BCUT2D eigenvalue weighted by Crippen LogP contribution is -2.40. The van der Waals surface area contributed by atoms with Crippen LogP contribution >= 0.6 is 15.9 Å². The zero-order valence-electron chi connectivity index (χ0n) is 10.3. The molecule has 1 aliphatic rings. The Bertz CT molecular complexity index is 541. The first-order valence-electron chi connectivity index (χ1n) is 5.77. The quantitative estimate of drug-likeness (QED) is 0.918. The number of rotatable bonds is 3. The molecule has 1 aliphatic heterocycles. The molecular weight excluding hydrogens is 312 g/mol. The predicted octanol–water partition coefficient (Wildman–Crippen LogP) is 1.86. The largest absolute Gasteiger partial charge is 0.481 e. The fourth-order valence-corrected chi connectivity index (χ4v) is 2.62. The first kappa shape index (κ1) is 13.8. The molecule has 1 N–H and O–H groups in total. The molecule has 2 atom stereocenters. The van der Waals surface area contributed by atoms with Gasteiger partial charge in [-0.05, 0) is 34.1 Å². The van der Waals surface area contributed by atoms with Crippen LogP contribution in [0.25, 0.3) is 0 Å². The second-order valence-electron chi connectivity index (χ2n) is 4.44. The van der Waals surface area contributed by atoms with Crippen molar-refractivity contribution in [3.63, 3.8) is 0 Å². The van der Waals surface area contributed by atoms with E-state index in [-0.39, 0.29) is 12.6 Å². The van der Waals surface area contributed by atoms with Crippen molar-refractivity contribution in [3.8, 4) is 6.07 Å². The summed E-state index contributed by atoms with van der Waals surface area (Å²) >= 11 is 3.33. The van der Waals surface area contributed by atoms with E-state index in [1.54, 1.807) is 12.1 Å². The molecule has 2 unspecified atom stereocenters. The van der Waals surface area contributed by atoms with Gasteiger partial charge < -0.3 is 14.7 Å². The second-order valence-corrected chi connectivity index (χ2v) is 5.29. The summed E-state index contributed by atoms with van der Waals surface area (Å²) in [5.41, 5.74) is 1.40. The Hall–Kier alpha value is -1.58. The van der Waals surface area contributed by atoms with Gasteiger partial charge >= 0.3 is 5.97 Å². The number of hydrogen-bond donors (Lipinski definition) is 1. The lowest BCUT2D eigenvalue weighted by molar-refractivity contribution is -0.141. The minimum absolute atomic E-state index is 0.197. The van der Waals surface area contributed by atoms with E-state index in [1.165, 1.54) is 0 Å². The standard InChI is InChI=1S/C13H13BrN2O3/c1-16(12-7-19-6-10(12)13(17)18)9-3-2-8(5-15)11(14)4-9/h2-4,10,12H,6-7H2,1H3,(H,17,18). The number of nitriles is 1. The molecule has 1 fully saturated rings. The molecule has 0 amide bonds. The molecule has 0 saturated carbocycles. The zero-order chi connectivity index (χ0) is 14.0. The van der Waals surface area contributed by atoms with Gasteiger partial charge in [0.1, 0.15) is 12.0 Å². The number of carbonyl (C=O) groups is 1. The average Bonchev–Trinajstić information content (AvgIpc) is 2.87. The smallest absolute Gasteiger partial charge is 0.311 e. The number of nitrogens with zero attached hydrogens (tertiary/aromatic N) is 2. The second kappa shape index (κ2) is 5.59. The number of carboxylic acid groups (broad SMARTS) is 1. The molecule has 1 heterocycles. The van der Waals surface area contributed by atoms with E-state index < -0.39 is 11.9 Å². The Morgan fingerprint density at radius 1 is 1.58 bits per heavy atom. The van der Waals surface area contributed by atoms with E-state index in [9.17, 15) is 4.79 Å². The van der Waals surface area contributed by atoms with Crippen LogP contribution in [-0.2, 0) is 9.53 Å². The van der Waals surface area contributed by atoms with Gasteiger partial charge in [-0.3, -0.25) is 4.79 Å². The molecule has 0 spiro atoms. The number of halogens is 1. The van der Waals surface area contributed by atoms with Crippen LogP contribution in [0.1, 0.15) is 5.56 Å². The number of anilines is 1. The molecule has 19 heavy (non-hydrogen) atoms. The summed E-state index contributed by atoms with van der Waals surface area (Å²) in [5.74, 6) is -1.37. The van der Waals surface area contributed by atoms with E-state index >= 15 is 0 Å². The van der Waals surface area contributed by atoms with Crippen LogP contribution in [0.3, 0.4) is 0 Å². The summed E-state index contributed by atoms with van der Waals surface area (Å²) in [6.45, 7) is 0.632. The Labute approximate surface area is 119 Å². The van der Waals surface area contributed by atoms with Gasteiger partial charge in [-0.1, -0.05) is 0 Å². The number of ether oxygens (including phenoxy) is 1. The van der Waals surface area contributed by atoms with E-state index in [1.807, 2.05) is 18.0 Å². The fraction of sp³-hybridized carbons (Fsp3) is 0.385. The molecule has 0 bridgehead atoms. The van der Waals surface area contributed by atoms with Crippen LogP contribution in [0.4, 0.5) is 5.69 Å². The maximum atomic E-state index is 11.2. The topological polar surface area (TPSA) is 73.6 Å². The minimum atomic E-state index is -0.845. The van der Waals surface area contributed by atoms with E-state index in [4.69, 9.17) is 15.1 Å². The Morgan fingerprint density at radius 2 is 2.32 bits per heavy atom. The van der Waals surface area contributed by atoms with Gasteiger partial charge in [-0.2, -0.15) is 5.26 Å². The summed E-state index contributed by atoms with van der Waals surface area (Å²) in [4.78, 5) is 13.0. The van der Waals surface area contributed by atoms with E-state index in [2.05, 4.69) is 22.0 Å². The molecule has 0 aliphatic carbocycles. The monoisotopic (exact) mass is 324 g/mol. The average molecular weight is 325 g/mol. The number of hydrogen-bond acceptors (Lipinski definition) is 4. The van der Waals surface area contributed by atoms with Crippen LogP contribution in [0.5, 0.6) is 0 Å². The summed E-state index contributed by atoms with van der Waals surface area (Å²) < 4.78 is 5.96. The first-order chi connectivity index (χ1) is 9.04. The third-order valence-corrected chi connectivity index (χ3v) is 4.00. The van der Waals surface area contributed by atoms with Gasteiger partial charge in [0.2, 0.25) is 0 Å². The van der Waals surface area contributed by atoms with Crippen LogP contribution in [0, 0.1) is 17.2 Å². The van der Waals surface area contributed by atoms with Crippen molar-refractivity contribution in [3.05, 3.63) is 28.2 Å². The Kier molecular flexibility index (Phi) is 4.08. The fourth-order valence-electron chi connectivity index (χ4n) is 2.17. The molecule has 1 saturated heterocycles. The predicted molar refractivity (Wildman–Crippen MR) is 73.0 cm³/mol. The number of carboxylic acids is 1. The summed E-state index contributed by atoms with van der Waals surface area (Å²) in [5, 5.41) is 18.0. The molecule has 0 aromatic heterocycles. The summed E-state index contributed by atoms with van der Waals surface area (Å²) in [6, 6.07) is 7.21. The SMILES string of the molecule is CN(c1ccc(C#N)c(Br)c1)C1COCC1C(=O)O. The molecule has 0 radical (unpaired) electrons. The summed E-state index contributed by atoms with van der Waals surface area (Å²) in [6.07, 6.45) is 0. The highest BCUT2D eigenvalue weighted by Gasteiger charge is 2.36. The maximum absolute atomic E-state index is 11.2. The van der Waals surface area contributed by atoms with Crippen LogP contribution in [0.15, 0.2) is 22.7 Å². The van der Waals surface area contributed by atoms with Gasteiger partial charge in [0.15, 0.2) is 0 Å². The molecule has 5 nitrogen and oxygen atoms in total. The third kappa shape index (κ3) is 2.72. The number of aliphatic carboxylic acids is 1. The zero-order valence-corrected chi connectivity index (χ0v) is 11.9. The van der Waals surface area contributed by atoms with Gasteiger partial charge in [-0.25, -0.2) is 0 Å². The van der Waals surface area contributed by atoms with Crippen molar-refractivity contribution < 1.29 is 14.6 Å². The minimum Gasteiger partial charge on any atom is -0.481 e. The molecule has 1 aromatic carbocycles. The molecule has 2 rings (SSSR count). The van der Waals surface area contributed by atoms with Crippen molar-refractivity contribution in [1.82, 2.24) is 0 Å². The van der Waals surface area contributed by atoms with Crippen LogP contribution in [0.2, 0.25) is 0 Å². The van der Waals surface area contributed by atoms with Gasteiger partial charge in [0, 0.05) is 17.2 Å². The van der Waals surface area contributed by atoms with Gasteiger partial charge in [0.25, 0.3) is 0 Å². The van der Waals surface area contributed by atoms with Crippen molar-refractivity contribution in [2.45, 2.75) is 6.04 Å². The van der Waals surface area contributed by atoms with Crippen molar-refractivity contribution in [1.29, 1.82) is 5.26 Å². The van der Waals surface area contributed by atoms with E-state index in [0.717, 1.165) is 5.69 Å². The number of benzene rings is 1. The van der Waals surface area contributed by atoms with Gasteiger partial charge in [0.05, 0.1) is 24.8 Å². The van der Waals surface area contributed by atoms with Crippen molar-refractivity contribution >= 4 is 27.6 Å². The number of likely N-dealkylation sites (N-methyl/N-ethyl adjacent to an activating group) is 1. The highest BCUT2D eigenvalue weighted by atomic mass is 79.9. The highest BCUT2D eigenvalue weighted by Crippen LogP contribution is 2.28. The molecule has 100 valence electrons. The highest BCUT2D eigenvalue weighted by molar-refractivity contribution is 9.10. The Morgan fingerprint density at radius 3 is 2.89 bits per heavy atom. The third-order valence-electron chi connectivity index (χ3n) is 3.35. The lowest BCUT2D eigenvalue weighted by Gasteiger charge is -2.28. The van der Waals surface area contributed by atoms with Crippen molar-refractivity contribution in [2.24, 2.45) is 5.92 Å². The molecule has 6 heteroatoms. The Balaban J connectivity index is 2.24. The normalized spacial score (nSPS) is 21.9. The lowest BCUT2D eigenvalue weighted by atomic mass is 10.0. The first-order valence-corrected chi connectivity index (χ1v) is 6.57. The van der Waals surface area contributed by atoms with Crippen LogP contribution < -0.4 is 4.90 Å².